The third-order valence-corrected chi connectivity index (χ3v) is 1.93. The average molecular weight is 211 g/mol. The van der Waals surface area contributed by atoms with Crippen LogP contribution in [0.3, 0.4) is 0 Å². The lowest BCUT2D eigenvalue weighted by molar-refractivity contribution is 0.298. The maximum absolute atomic E-state index is 5.52. The second-order valence-corrected chi connectivity index (χ2v) is 4.73. The molecule has 1 heterocycles. The Kier molecular flexibility index (Phi) is 4.15. The van der Waals surface area contributed by atoms with Crippen molar-refractivity contribution in [1.82, 2.24) is 15.1 Å². The van der Waals surface area contributed by atoms with E-state index in [1.807, 2.05) is 13.2 Å². The molecule has 0 aliphatic heterocycles. The Morgan fingerprint density at radius 2 is 2.20 bits per heavy atom. The van der Waals surface area contributed by atoms with Crippen molar-refractivity contribution in [2.45, 2.75) is 32.7 Å². The van der Waals surface area contributed by atoms with E-state index < -0.39 is 0 Å². The van der Waals surface area contributed by atoms with E-state index in [2.05, 4.69) is 31.2 Å². The lowest BCUT2D eigenvalue weighted by Gasteiger charge is -2.20. The van der Waals surface area contributed by atoms with Crippen molar-refractivity contribution in [3.8, 4) is 5.75 Å². The van der Waals surface area contributed by atoms with Crippen LogP contribution in [-0.4, -0.2) is 28.5 Å². The molecular weight excluding hydrogens is 190 g/mol. The zero-order valence-electron chi connectivity index (χ0n) is 10.1. The topological polar surface area (TPSA) is 39.1 Å². The molecule has 4 heteroatoms. The molecule has 0 spiro atoms. The monoisotopic (exact) mass is 211 g/mol. The molecule has 0 unspecified atom stereocenters. The first kappa shape index (κ1) is 12.0. The van der Waals surface area contributed by atoms with Crippen molar-refractivity contribution in [3.63, 3.8) is 0 Å². The van der Waals surface area contributed by atoms with Crippen LogP contribution < -0.4 is 10.1 Å². The third-order valence-electron chi connectivity index (χ3n) is 1.93. The molecule has 0 fully saturated rings. The first-order chi connectivity index (χ1) is 6.97. The predicted octanol–water partition coefficient (Wildman–Crippen LogP) is 1.58. The van der Waals surface area contributed by atoms with E-state index in [9.17, 15) is 0 Å². The summed E-state index contributed by atoms with van der Waals surface area (Å²) in [5.41, 5.74) is 0.189. The Morgan fingerprint density at radius 1 is 1.47 bits per heavy atom. The van der Waals surface area contributed by atoms with Crippen molar-refractivity contribution < 1.29 is 4.74 Å². The fourth-order valence-electron chi connectivity index (χ4n) is 1.20. The molecule has 4 nitrogen and oxygen atoms in total. The van der Waals surface area contributed by atoms with Gasteiger partial charge >= 0.3 is 0 Å². The summed E-state index contributed by atoms with van der Waals surface area (Å²) in [6.07, 6.45) is 4.61. The van der Waals surface area contributed by atoms with Crippen LogP contribution in [-0.2, 0) is 7.05 Å². The lowest BCUT2D eigenvalue weighted by Crippen LogP contribution is -2.36. The van der Waals surface area contributed by atoms with E-state index >= 15 is 0 Å². The van der Waals surface area contributed by atoms with E-state index in [4.69, 9.17) is 4.74 Å². The van der Waals surface area contributed by atoms with Gasteiger partial charge in [-0.05, 0) is 33.7 Å². The smallest absolute Gasteiger partial charge is 0.157 e. The maximum atomic E-state index is 5.52. The van der Waals surface area contributed by atoms with E-state index in [0.717, 1.165) is 25.3 Å². The van der Waals surface area contributed by atoms with Crippen molar-refractivity contribution in [2.75, 3.05) is 13.2 Å². The maximum Gasteiger partial charge on any atom is 0.157 e. The Balaban J connectivity index is 2.07. The molecule has 86 valence electrons. The summed E-state index contributed by atoms with van der Waals surface area (Å²) in [4.78, 5) is 0. The van der Waals surface area contributed by atoms with Gasteiger partial charge in [0.1, 0.15) is 0 Å². The number of nitrogens with zero attached hydrogens (tertiary/aromatic N) is 2. The van der Waals surface area contributed by atoms with Crippen molar-refractivity contribution in [2.24, 2.45) is 7.05 Å². The van der Waals surface area contributed by atoms with Crippen molar-refractivity contribution in [3.05, 3.63) is 12.4 Å². The van der Waals surface area contributed by atoms with E-state index in [1.165, 1.54) is 0 Å². The number of nitrogens with one attached hydrogen (secondary N) is 1. The lowest BCUT2D eigenvalue weighted by atomic mass is 10.1. The molecule has 0 saturated carbocycles. The Hall–Kier alpha value is -1.03. The summed E-state index contributed by atoms with van der Waals surface area (Å²) in [6, 6.07) is 0. The molecule has 0 radical (unpaired) electrons. The first-order valence-corrected chi connectivity index (χ1v) is 5.34. The standard InChI is InChI=1S/C11H21N3O/c1-11(2,3)12-6-5-7-15-10-8-13-14(4)9-10/h8-9,12H,5-7H2,1-4H3. The van der Waals surface area contributed by atoms with Crippen LogP contribution in [0.2, 0.25) is 0 Å². The number of rotatable bonds is 5. The van der Waals surface area contributed by atoms with Crippen LogP contribution in [0.5, 0.6) is 5.75 Å². The Morgan fingerprint density at radius 3 is 2.73 bits per heavy atom. The highest BCUT2D eigenvalue weighted by Crippen LogP contribution is 2.07. The Labute approximate surface area is 91.6 Å². The third kappa shape index (κ3) is 5.42. The zero-order valence-corrected chi connectivity index (χ0v) is 10.1. The van der Waals surface area contributed by atoms with Gasteiger partial charge in [-0.1, -0.05) is 0 Å². The number of aryl methyl sites for hydroxylation is 1. The summed E-state index contributed by atoms with van der Waals surface area (Å²) < 4.78 is 7.26. The quantitative estimate of drug-likeness (QED) is 0.752. The number of ether oxygens (including phenoxy) is 1. The molecule has 0 amide bonds. The minimum absolute atomic E-state index is 0.189. The van der Waals surface area contributed by atoms with Gasteiger partial charge < -0.3 is 10.1 Å². The minimum Gasteiger partial charge on any atom is -0.490 e. The number of aromatic nitrogens is 2. The van der Waals surface area contributed by atoms with Crippen molar-refractivity contribution in [1.29, 1.82) is 0 Å². The largest absolute Gasteiger partial charge is 0.490 e. The molecular formula is C11H21N3O. The van der Waals surface area contributed by atoms with Crippen LogP contribution >= 0.6 is 0 Å². The predicted molar refractivity (Wildman–Crippen MR) is 61.1 cm³/mol. The Bertz CT molecular complexity index is 288. The van der Waals surface area contributed by atoms with Crippen molar-refractivity contribution >= 4 is 0 Å². The molecule has 0 aliphatic carbocycles. The molecule has 0 saturated heterocycles. The molecule has 0 aromatic carbocycles. The second-order valence-electron chi connectivity index (χ2n) is 4.73. The normalized spacial score (nSPS) is 11.7. The molecule has 1 rings (SSSR count). The molecule has 0 atom stereocenters. The first-order valence-electron chi connectivity index (χ1n) is 5.34. The molecule has 1 aromatic rings. The van der Waals surface area contributed by atoms with E-state index in [1.54, 1.807) is 10.9 Å². The number of hydrogen-bond donors (Lipinski definition) is 1. The van der Waals surface area contributed by atoms with Gasteiger partial charge in [0, 0.05) is 12.6 Å². The van der Waals surface area contributed by atoms with Gasteiger partial charge in [-0.15, -0.1) is 0 Å². The molecule has 1 N–H and O–H groups in total. The van der Waals surface area contributed by atoms with Crippen LogP contribution in [0.15, 0.2) is 12.4 Å². The summed E-state index contributed by atoms with van der Waals surface area (Å²) in [6.45, 7) is 8.19. The fourth-order valence-corrected chi connectivity index (χ4v) is 1.20. The summed E-state index contributed by atoms with van der Waals surface area (Å²) in [7, 11) is 1.88. The van der Waals surface area contributed by atoms with Gasteiger partial charge in [0.2, 0.25) is 0 Å². The number of hydrogen-bond acceptors (Lipinski definition) is 3. The fraction of sp³-hybridized carbons (Fsp3) is 0.727. The van der Waals surface area contributed by atoms with E-state index in [-0.39, 0.29) is 5.54 Å². The highest BCUT2D eigenvalue weighted by Gasteiger charge is 2.07. The van der Waals surface area contributed by atoms with Gasteiger partial charge in [0.05, 0.1) is 19.0 Å². The summed E-state index contributed by atoms with van der Waals surface area (Å²) >= 11 is 0. The van der Waals surface area contributed by atoms with Gasteiger partial charge in [-0.25, -0.2) is 0 Å². The summed E-state index contributed by atoms with van der Waals surface area (Å²) in [5, 5.41) is 7.44. The molecule has 0 bridgehead atoms. The molecule has 1 aromatic heterocycles. The van der Waals surface area contributed by atoms with Gasteiger partial charge in [0.25, 0.3) is 0 Å². The van der Waals surface area contributed by atoms with Gasteiger partial charge in [0.15, 0.2) is 5.75 Å². The van der Waals surface area contributed by atoms with Crippen LogP contribution in [0.25, 0.3) is 0 Å². The van der Waals surface area contributed by atoms with E-state index in [0.29, 0.717) is 0 Å². The van der Waals surface area contributed by atoms with Crippen LogP contribution in [0, 0.1) is 0 Å². The molecule has 0 aliphatic rings. The highest BCUT2D eigenvalue weighted by atomic mass is 16.5. The summed E-state index contributed by atoms with van der Waals surface area (Å²) in [5.74, 6) is 0.841. The van der Waals surface area contributed by atoms with Gasteiger partial charge in [-0.3, -0.25) is 4.68 Å². The van der Waals surface area contributed by atoms with Crippen LogP contribution in [0.4, 0.5) is 0 Å². The average Bonchev–Trinajstić information content (AvgIpc) is 2.49. The SMILES string of the molecule is Cn1cc(OCCCNC(C)(C)C)cn1. The zero-order chi connectivity index (χ0) is 11.3. The molecule has 15 heavy (non-hydrogen) atoms. The van der Waals surface area contributed by atoms with Gasteiger partial charge in [-0.2, -0.15) is 5.10 Å². The highest BCUT2D eigenvalue weighted by molar-refractivity contribution is 5.10. The minimum atomic E-state index is 0.189. The second kappa shape index (κ2) is 5.16. The van der Waals surface area contributed by atoms with Crippen LogP contribution in [0.1, 0.15) is 27.2 Å².